The van der Waals surface area contributed by atoms with Gasteiger partial charge in [0.25, 0.3) is 0 Å². The molecule has 108 valence electrons. The van der Waals surface area contributed by atoms with Crippen molar-refractivity contribution in [3.05, 3.63) is 0 Å². The first-order valence-electron chi connectivity index (χ1n) is 6.38. The van der Waals surface area contributed by atoms with E-state index in [1.54, 1.807) is 0 Å². The normalized spacial score (nSPS) is 24.8. The quantitative estimate of drug-likeness (QED) is 0.634. The third-order valence-electron chi connectivity index (χ3n) is 3.48. The SMILES string of the molecule is CCC[C@@H](N)C(=O)N1CCC(C(=O)O)C(C(=O)O)C1. The summed E-state index contributed by atoms with van der Waals surface area (Å²) in [4.78, 5) is 35.5. The molecule has 0 saturated carbocycles. The van der Waals surface area contributed by atoms with Crippen LogP contribution in [-0.4, -0.2) is 52.1 Å². The van der Waals surface area contributed by atoms with Gasteiger partial charge in [-0.2, -0.15) is 0 Å². The highest BCUT2D eigenvalue weighted by atomic mass is 16.4. The van der Waals surface area contributed by atoms with Gasteiger partial charge in [-0.15, -0.1) is 0 Å². The topological polar surface area (TPSA) is 121 Å². The van der Waals surface area contributed by atoms with Crippen LogP contribution in [0.25, 0.3) is 0 Å². The van der Waals surface area contributed by atoms with Gasteiger partial charge in [0.15, 0.2) is 0 Å². The van der Waals surface area contributed by atoms with Crippen molar-refractivity contribution in [2.75, 3.05) is 13.1 Å². The summed E-state index contributed by atoms with van der Waals surface area (Å²) >= 11 is 0. The standard InChI is InChI=1S/C12H20N2O5/c1-2-3-9(13)10(15)14-5-4-7(11(16)17)8(6-14)12(18)19/h7-9H,2-6,13H2,1H3,(H,16,17)(H,18,19)/t7?,8?,9-/m1/s1. The van der Waals surface area contributed by atoms with Gasteiger partial charge < -0.3 is 20.8 Å². The lowest BCUT2D eigenvalue weighted by molar-refractivity contribution is -0.159. The summed E-state index contributed by atoms with van der Waals surface area (Å²) in [5.41, 5.74) is 5.72. The van der Waals surface area contributed by atoms with Crippen LogP contribution in [0.3, 0.4) is 0 Å². The summed E-state index contributed by atoms with van der Waals surface area (Å²) in [5, 5.41) is 18.1. The smallest absolute Gasteiger partial charge is 0.309 e. The van der Waals surface area contributed by atoms with Crippen LogP contribution in [0.15, 0.2) is 0 Å². The number of hydrogen-bond donors (Lipinski definition) is 3. The first kappa shape index (κ1) is 15.4. The number of hydrogen-bond acceptors (Lipinski definition) is 4. The summed E-state index contributed by atoms with van der Waals surface area (Å²) in [6.45, 7) is 2.07. The number of amides is 1. The molecule has 19 heavy (non-hydrogen) atoms. The molecule has 1 saturated heterocycles. The van der Waals surface area contributed by atoms with Gasteiger partial charge in [0.1, 0.15) is 0 Å². The molecule has 1 aliphatic heterocycles. The number of nitrogens with zero attached hydrogens (tertiary/aromatic N) is 1. The van der Waals surface area contributed by atoms with E-state index < -0.39 is 29.8 Å². The number of piperidine rings is 1. The summed E-state index contributed by atoms with van der Waals surface area (Å²) < 4.78 is 0. The van der Waals surface area contributed by atoms with Crippen LogP contribution in [-0.2, 0) is 14.4 Å². The molecule has 7 nitrogen and oxygen atoms in total. The minimum absolute atomic E-state index is 0.0808. The number of nitrogens with two attached hydrogens (primary N) is 1. The first-order valence-corrected chi connectivity index (χ1v) is 6.38. The van der Waals surface area contributed by atoms with Gasteiger partial charge >= 0.3 is 11.9 Å². The second-order valence-corrected chi connectivity index (χ2v) is 4.86. The zero-order chi connectivity index (χ0) is 14.6. The van der Waals surface area contributed by atoms with E-state index in [9.17, 15) is 14.4 Å². The Labute approximate surface area is 111 Å². The predicted molar refractivity (Wildman–Crippen MR) is 66.3 cm³/mol. The molecule has 2 unspecified atom stereocenters. The molecule has 1 aliphatic rings. The van der Waals surface area contributed by atoms with E-state index in [2.05, 4.69) is 0 Å². The molecule has 1 rings (SSSR count). The fourth-order valence-corrected chi connectivity index (χ4v) is 2.37. The zero-order valence-electron chi connectivity index (χ0n) is 10.9. The van der Waals surface area contributed by atoms with Crippen molar-refractivity contribution < 1.29 is 24.6 Å². The average Bonchev–Trinajstić information content (AvgIpc) is 2.37. The van der Waals surface area contributed by atoms with Crippen LogP contribution in [0.2, 0.25) is 0 Å². The summed E-state index contributed by atoms with van der Waals surface area (Å²) in [5.74, 6) is -4.61. The first-order chi connectivity index (χ1) is 8.88. The van der Waals surface area contributed by atoms with Crippen LogP contribution >= 0.6 is 0 Å². The van der Waals surface area contributed by atoms with Gasteiger partial charge in [0.05, 0.1) is 17.9 Å². The highest BCUT2D eigenvalue weighted by Gasteiger charge is 2.40. The maximum atomic E-state index is 12.0. The van der Waals surface area contributed by atoms with Gasteiger partial charge in [-0.1, -0.05) is 13.3 Å². The molecule has 4 N–H and O–H groups in total. The molecule has 7 heteroatoms. The molecular weight excluding hydrogens is 252 g/mol. The van der Waals surface area contributed by atoms with Crippen molar-refractivity contribution in [3.8, 4) is 0 Å². The molecule has 3 atom stereocenters. The number of carbonyl (C=O) groups excluding carboxylic acids is 1. The number of carboxylic acids is 2. The number of carboxylic acid groups (broad SMARTS) is 2. The van der Waals surface area contributed by atoms with E-state index in [-0.39, 0.29) is 25.4 Å². The Morgan fingerprint density at radius 3 is 2.32 bits per heavy atom. The molecule has 0 bridgehead atoms. The third kappa shape index (κ3) is 3.66. The van der Waals surface area contributed by atoms with Crippen LogP contribution in [0, 0.1) is 11.8 Å². The lowest BCUT2D eigenvalue weighted by atomic mass is 9.85. The van der Waals surface area contributed by atoms with E-state index in [1.165, 1.54) is 4.90 Å². The van der Waals surface area contributed by atoms with Crippen molar-refractivity contribution in [1.82, 2.24) is 4.90 Å². The van der Waals surface area contributed by atoms with E-state index >= 15 is 0 Å². The largest absolute Gasteiger partial charge is 0.481 e. The zero-order valence-corrected chi connectivity index (χ0v) is 10.9. The molecule has 0 aromatic heterocycles. The Balaban J connectivity index is 2.74. The van der Waals surface area contributed by atoms with E-state index in [4.69, 9.17) is 15.9 Å². The monoisotopic (exact) mass is 272 g/mol. The molecule has 0 aliphatic carbocycles. The van der Waals surface area contributed by atoms with E-state index in [0.29, 0.717) is 6.42 Å². The molecule has 0 radical (unpaired) electrons. The number of likely N-dealkylation sites (tertiary alicyclic amines) is 1. The molecule has 0 spiro atoms. The van der Waals surface area contributed by atoms with Crippen LogP contribution < -0.4 is 5.73 Å². The minimum Gasteiger partial charge on any atom is -0.481 e. The number of rotatable bonds is 5. The third-order valence-corrected chi connectivity index (χ3v) is 3.48. The Bertz CT molecular complexity index is 371. The maximum Gasteiger partial charge on any atom is 0.309 e. The Morgan fingerprint density at radius 2 is 1.84 bits per heavy atom. The van der Waals surface area contributed by atoms with Crippen LogP contribution in [0.5, 0.6) is 0 Å². The van der Waals surface area contributed by atoms with Gasteiger partial charge in [0.2, 0.25) is 5.91 Å². The van der Waals surface area contributed by atoms with Crippen molar-refractivity contribution in [2.24, 2.45) is 17.6 Å². The van der Waals surface area contributed by atoms with E-state index in [1.807, 2.05) is 6.92 Å². The summed E-state index contributed by atoms with van der Waals surface area (Å²) in [6.07, 6.45) is 1.45. The average molecular weight is 272 g/mol. The van der Waals surface area contributed by atoms with Gasteiger partial charge in [-0.05, 0) is 12.8 Å². The number of aliphatic carboxylic acids is 2. The number of carbonyl (C=O) groups is 3. The molecule has 1 heterocycles. The fourth-order valence-electron chi connectivity index (χ4n) is 2.37. The lowest BCUT2D eigenvalue weighted by Crippen LogP contribution is -2.52. The molecule has 0 aromatic carbocycles. The fraction of sp³-hybridized carbons (Fsp3) is 0.750. The van der Waals surface area contributed by atoms with E-state index in [0.717, 1.165) is 6.42 Å². The van der Waals surface area contributed by atoms with Crippen LogP contribution in [0.4, 0.5) is 0 Å². The van der Waals surface area contributed by atoms with Crippen molar-refractivity contribution >= 4 is 17.8 Å². The lowest BCUT2D eigenvalue weighted by Gasteiger charge is -2.35. The maximum absolute atomic E-state index is 12.0. The van der Waals surface area contributed by atoms with Crippen LogP contribution in [0.1, 0.15) is 26.2 Å². The molecule has 1 fully saturated rings. The molecular formula is C12H20N2O5. The van der Waals surface area contributed by atoms with Gasteiger partial charge in [-0.3, -0.25) is 14.4 Å². The highest BCUT2D eigenvalue weighted by molar-refractivity contribution is 5.84. The van der Waals surface area contributed by atoms with Crippen molar-refractivity contribution in [2.45, 2.75) is 32.2 Å². The molecule has 1 amide bonds. The minimum atomic E-state index is -1.19. The van der Waals surface area contributed by atoms with Crippen molar-refractivity contribution in [1.29, 1.82) is 0 Å². The summed E-state index contributed by atoms with van der Waals surface area (Å²) in [7, 11) is 0. The Morgan fingerprint density at radius 1 is 1.26 bits per heavy atom. The van der Waals surface area contributed by atoms with Gasteiger partial charge in [0, 0.05) is 13.1 Å². The van der Waals surface area contributed by atoms with Gasteiger partial charge in [-0.25, -0.2) is 0 Å². The Kier molecular flexibility index (Phi) is 5.29. The predicted octanol–water partition coefficient (Wildman–Crippen LogP) is -0.252. The summed E-state index contributed by atoms with van der Waals surface area (Å²) in [6, 6.07) is -0.638. The second-order valence-electron chi connectivity index (χ2n) is 4.86. The van der Waals surface area contributed by atoms with Crippen molar-refractivity contribution in [3.63, 3.8) is 0 Å². The second kappa shape index (κ2) is 6.51. The Hall–Kier alpha value is -1.63. The molecule has 0 aromatic rings. The highest BCUT2D eigenvalue weighted by Crippen LogP contribution is 2.25.